The van der Waals surface area contributed by atoms with E-state index in [4.69, 9.17) is 41.1 Å². The maximum atomic E-state index is 7.67. The minimum Gasteiger partial charge on any atom is -0.454 e. The molecule has 21 heteroatoms. The van der Waals surface area contributed by atoms with Crippen molar-refractivity contribution in [3.63, 3.8) is 0 Å². The molecule has 138 heavy (non-hydrogen) atoms. The van der Waals surface area contributed by atoms with Gasteiger partial charge in [0.2, 0.25) is 0 Å². The summed E-state index contributed by atoms with van der Waals surface area (Å²) in [4.78, 5) is 49.9. The van der Waals surface area contributed by atoms with Gasteiger partial charge in [0.1, 0.15) is 58.7 Å². The average molecular weight is 1820 g/mol. The van der Waals surface area contributed by atoms with Crippen LogP contribution in [0, 0.1) is 34.6 Å². The predicted molar refractivity (Wildman–Crippen MR) is 563 cm³/mol. The highest BCUT2D eigenvalue weighted by atomic mass is 16.3. The van der Waals surface area contributed by atoms with Crippen LogP contribution in [0.4, 0.5) is 91.8 Å². The van der Waals surface area contributed by atoms with Crippen LogP contribution in [-0.4, -0.2) is 78.7 Å². The minimum absolute atomic E-state index is 0.0117. The molecule has 14 heterocycles. The molecule has 5 atom stereocenters. The first-order chi connectivity index (χ1) is 68.7. The molecule has 0 N–H and O–H groups in total. The number of nitrogens with zero attached hydrogens (tertiary/aromatic N) is 16. The first-order valence-corrected chi connectivity index (χ1v) is 47.0. The zero-order valence-electron chi connectivity index (χ0n) is 81.6. The van der Waals surface area contributed by atoms with Crippen LogP contribution < -0.4 is 44.1 Å². The van der Waals surface area contributed by atoms with Crippen molar-refractivity contribution in [1.82, 2.24) is 34.8 Å². The summed E-state index contributed by atoms with van der Waals surface area (Å²) in [5.74, 6) is 5.41. The number of fused-ring (bicyclic) bond motifs is 19. The Bertz CT molecular complexity index is 8080. The summed E-state index contributed by atoms with van der Waals surface area (Å²) < 4.78 is 54.6. The van der Waals surface area contributed by atoms with Crippen LogP contribution in [0.25, 0.3) is 110 Å². The molecule has 0 aliphatic carbocycles. The van der Waals surface area contributed by atoms with Gasteiger partial charge in [0.05, 0.1) is 39.8 Å². The highest BCUT2D eigenvalue weighted by Crippen LogP contribution is 2.56. The SMILES string of the molecule is Cc1ccc2c(oc3ccccc32)c1N1c2cccnc2N(c2ccccc2)[C@@H]1C.Cc1ccc2c(oc3ccccc32)c1N1c2ncccc2N(c2ccccc2)[C@@H]1C.Cc1ccc2c(oc3ccccc32)c1N1c2nccnc2N(C(C)C)[C@@H]1C.Cc1ccc2c(oc3ccccc32)c1N1c2nccnc2N(c2ccccc2)[C@@H]1C.[2H]C([2H])([2H])N1C=CN(c2c(C)ccc3c2oc2ccccc23)[C@H]1C. The van der Waals surface area contributed by atoms with Crippen LogP contribution in [0.5, 0.6) is 0 Å². The predicted octanol–water partition coefficient (Wildman–Crippen LogP) is 30.0. The molecule has 5 aliphatic heterocycles. The van der Waals surface area contributed by atoms with Crippen LogP contribution >= 0.6 is 0 Å². The zero-order chi connectivity index (χ0) is 96.5. The third-order valence-corrected chi connectivity index (χ3v) is 27.5. The van der Waals surface area contributed by atoms with Crippen LogP contribution in [0.15, 0.2) is 369 Å². The van der Waals surface area contributed by atoms with Crippen LogP contribution in [-0.2, 0) is 0 Å². The lowest BCUT2D eigenvalue weighted by Crippen LogP contribution is -2.42. The highest BCUT2D eigenvalue weighted by Gasteiger charge is 2.44. The van der Waals surface area contributed by atoms with Crippen molar-refractivity contribution in [2.75, 3.05) is 51.1 Å². The Morgan fingerprint density at radius 1 is 0.246 bits per heavy atom. The molecule has 0 radical (unpaired) electrons. The molecule has 680 valence electrons. The average Bonchev–Trinajstić information content (AvgIpc) is 1.57. The van der Waals surface area contributed by atoms with E-state index < -0.39 is 6.98 Å². The van der Waals surface area contributed by atoms with Crippen LogP contribution in [0.1, 0.15) is 80.4 Å². The van der Waals surface area contributed by atoms with Gasteiger partial charge < -0.3 is 56.4 Å². The summed E-state index contributed by atoms with van der Waals surface area (Å²) in [5, 5.41) is 11.2. The van der Waals surface area contributed by atoms with Gasteiger partial charge in [-0.2, -0.15) is 0 Å². The maximum Gasteiger partial charge on any atom is 0.178 e. The molecule has 0 bridgehead atoms. The van der Waals surface area contributed by atoms with Gasteiger partial charge in [-0.1, -0.05) is 206 Å². The first kappa shape index (κ1) is 81.8. The lowest BCUT2D eigenvalue weighted by Gasteiger charge is -2.32. The Balaban J connectivity index is 0.0000000984. The van der Waals surface area contributed by atoms with Crippen molar-refractivity contribution >= 4 is 201 Å². The van der Waals surface area contributed by atoms with Gasteiger partial charge in [-0.05, 0) is 202 Å². The summed E-state index contributed by atoms with van der Waals surface area (Å²) in [6.07, 6.45) is 14.1. The number of para-hydroxylation sites is 8. The molecule has 0 saturated heterocycles. The quantitative estimate of drug-likeness (QED) is 0.133. The van der Waals surface area contributed by atoms with Gasteiger partial charge in [0, 0.05) is 138 Å². The van der Waals surface area contributed by atoms with Crippen molar-refractivity contribution in [3.05, 3.63) is 375 Å². The number of aromatic nitrogens is 6. The topological polar surface area (TPSA) is 175 Å². The molecule has 0 spiro atoms. The number of benzene rings is 13. The fourth-order valence-electron chi connectivity index (χ4n) is 21.1. The summed E-state index contributed by atoms with van der Waals surface area (Å²) in [7, 11) is 0. The second-order valence-corrected chi connectivity index (χ2v) is 36.0. The van der Waals surface area contributed by atoms with E-state index in [1.54, 1.807) is 31.0 Å². The molecule has 22 aromatic rings. The number of pyridine rings is 2. The first-order valence-electron chi connectivity index (χ1n) is 48.5. The Hall–Kier alpha value is -16.9. The molecule has 0 fully saturated rings. The normalized spacial score (nSPS) is 16.8. The number of hydrogen-bond donors (Lipinski definition) is 0. The van der Waals surface area contributed by atoms with Gasteiger partial charge in [0.25, 0.3) is 0 Å². The minimum atomic E-state index is -2.17. The van der Waals surface area contributed by atoms with Crippen LogP contribution in [0.2, 0.25) is 0 Å². The Morgan fingerprint density at radius 2 is 0.529 bits per heavy atom. The molecule has 13 aromatic carbocycles. The van der Waals surface area contributed by atoms with Gasteiger partial charge in [-0.15, -0.1) is 0 Å². The molecule has 0 amide bonds. The number of hydrogen-bond acceptors (Lipinski definition) is 21. The fourth-order valence-corrected chi connectivity index (χ4v) is 21.1. The lowest BCUT2D eigenvalue weighted by molar-refractivity contribution is 0.383. The smallest absolute Gasteiger partial charge is 0.178 e. The standard InChI is InChI=1S/2C26H21N3O.C25H20N4O.C22H22N4O.C18H18N2O/c1-17-14-15-21-20-11-6-7-13-23(20)30-25(21)24(17)29-18(2)28(19-9-4-3-5-10-19)26-22(29)12-8-16-27-26;1-17-14-15-21-20-11-6-7-13-23(20)30-25(21)24(17)29-18(2)28(19-9-4-3-5-10-19)22-12-8-16-27-26(22)29;1-16-12-13-20-19-10-6-7-11-21(19)30-23(20)22(16)29-17(2)28(18-8-4-3-5-9-18)24-25(29)27-15-14-26-24;1-13(2)25-15(4)26(22-21(25)23-11-12-24-22)19-14(3)9-10-17-16-7-5-6-8-18(16)27-20(17)19;1-12-8-9-15-14-6-4-5-7-16(14)21-18(15)17(12)20-11-10-19(3)13(20)2/h2*3-16,18H,1-2H3;3-15,17H,1-2H3;5-13,15H,1-4H3;4-11,13H,1-3H3/t2*18-;17-;15-;13-/m00000/s1/i;;;;3D3. The largest absolute Gasteiger partial charge is 0.454 e. The van der Waals surface area contributed by atoms with E-state index in [1.807, 2.05) is 159 Å². The van der Waals surface area contributed by atoms with Gasteiger partial charge in [-0.25, -0.2) is 29.9 Å². The van der Waals surface area contributed by atoms with E-state index in [2.05, 4.69) is 299 Å². The van der Waals surface area contributed by atoms with Crippen molar-refractivity contribution in [2.24, 2.45) is 0 Å². The third kappa shape index (κ3) is 14.0. The number of furan rings is 5. The van der Waals surface area contributed by atoms with Crippen molar-refractivity contribution in [2.45, 2.75) is 120 Å². The molecule has 0 saturated carbocycles. The second-order valence-electron chi connectivity index (χ2n) is 36.0. The number of rotatable bonds is 9. The molecule has 21 nitrogen and oxygen atoms in total. The van der Waals surface area contributed by atoms with Crippen molar-refractivity contribution in [3.8, 4) is 0 Å². The maximum absolute atomic E-state index is 7.67. The van der Waals surface area contributed by atoms with E-state index in [0.717, 1.165) is 218 Å². The van der Waals surface area contributed by atoms with Crippen molar-refractivity contribution in [1.29, 1.82) is 0 Å². The molecule has 5 aliphatic rings. The molecular weight excluding hydrogens is 1710 g/mol. The summed E-state index contributed by atoms with van der Waals surface area (Å²) in [5.41, 5.74) is 25.3. The van der Waals surface area contributed by atoms with E-state index in [9.17, 15) is 0 Å². The van der Waals surface area contributed by atoms with E-state index in [-0.39, 0.29) is 30.8 Å². The zero-order valence-corrected chi connectivity index (χ0v) is 78.6. The van der Waals surface area contributed by atoms with E-state index in [0.29, 0.717) is 6.04 Å². The Kier molecular flexibility index (Phi) is 20.5. The fraction of sp³-hybridized carbons (Fsp3) is 0.162. The lowest BCUT2D eigenvalue weighted by atomic mass is 10.1. The number of anilines is 16. The van der Waals surface area contributed by atoms with E-state index >= 15 is 0 Å². The monoisotopic (exact) mass is 1810 g/mol. The van der Waals surface area contributed by atoms with E-state index in [1.165, 1.54) is 16.0 Å². The molecule has 27 rings (SSSR count). The Labute approximate surface area is 803 Å². The summed E-state index contributed by atoms with van der Waals surface area (Å²) in [6.45, 7) is 23.5. The molecular formula is C117H102N16O5. The van der Waals surface area contributed by atoms with Crippen molar-refractivity contribution < 1.29 is 26.2 Å². The van der Waals surface area contributed by atoms with Crippen LogP contribution in [0.3, 0.4) is 0 Å². The second kappa shape index (κ2) is 34.5. The highest BCUT2D eigenvalue weighted by molar-refractivity contribution is 6.16. The van der Waals surface area contributed by atoms with Gasteiger partial charge in [-0.3, -0.25) is 14.7 Å². The van der Waals surface area contributed by atoms with Gasteiger partial charge >= 0.3 is 0 Å². The number of aryl methyl sites for hydroxylation is 5. The Morgan fingerprint density at radius 3 is 0.913 bits per heavy atom. The molecule has 0 unspecified atom stereocenters. The summed E-state index contributed by atoms with van der Waals surface area (Å²) in [6, 6.07) is 102. The molecule has 9 aromatic heterocycles. The third-order valence-electron chi connectivity index (χ3n) is 27.5. The summed E-state index contributed by atoms with van der Waals surface area (Å²) >= 11 is 0. The van der Waals surface area contributed by atoms with Gasteiger partial charge in [0.15, 0.2) is 62.8 Å².